The second-order valence-electron chi connectivity index (χ2n) is 30.2. The molecule has 19 aromatic rings. The number of pyridine rings is 4. The number of hydrogen-bond donors (Lipinski definition) is 0. The molecule has 0 fully saturated rings. The molecule has 10 heteroatoms. The van der Waals surface area contributed by atoms with Gasteiger partial charge in [0.15, 0.2) is 0 Å². The Balaban J connectivity index is 0.000000141. The van der Waals surface area contributed by atoms with Crippen molar-refractivity contribution in [2.24, 2.45) is 0 Å². The molecule has 0 aliphatic heterocycles. The summed E-state index contributed by atoms with van der Waals surface area (Å²) in [7, 11) is 0. The first-order valence-corrected chi connectivity index (χ1v) is 39.5. The quantitative estimate of drug-likeness (QED) is 0.135. The first-order chi connectivity index (χ1) is 55.7. The fourth-order valence-electron chi connectivity index (χ4n) is 13.8. The second kappa shape index (κ2) is 41.0. The Morgan fingerprint density at radius 1 is 0.155 bits per heavy atom. The van der Waals surface area contributed by atoms with Gasteiger partial charge in [-0.1, -0.05) is 234 Å². The molecule has 7 heterocycles. The van der Waals surface area contributed by atoms with Crippen molar-refractivity contribution in [1.29, 1.82) is 0 Å². The van der Waals surface area contributed by atoms with Gasteiger partial charge in [0.1, 0.15) is 18.0 Å². The van der Waals surface area contributed by atoms with Gasteiger partial charge in [0.2, 0.25) is 0 Å². The van der Waals surface area contributed by atoms with Gasteiger partial charge < -0.3 is 0 Å². The Morgan fingerprint density at radius 2 is 0.466 bits per heavy atom. The van der Waals surface area contributed by atoms with E-state index in [1.807, 2.05) is 170 Å². The van der Waals surface area contributed by atoms with Crippen LogP contribution in [0.15, 0.2) is 292 Å². The van der Waals surface area contributed by atoms with Gasteiger partial charge in [0, 0.05) is 83.2 Å². The minimum atomic E-state index is 0.829. The van der Waals surface area contributed by atoms with Crippen molar-refractivity contribution in [1.82, 2.24) is 49.8 Å². The third-order valence-corrected chi connectivity index (χ3v) is 19.4. The molecule has 19 rings (SSSR count). The Morgan fingerprint density at radius 3 is 0.724 bits per heavy atom. The van der Waals surface area contributed by atoms with Gasteiger partial charge in [0.25, 0.3) is 0 Å². The average Bonchev–Trinajstić information content (AvgIpc) is 0.757. The molecule has 582 valence electrons. The van der Waals surface area contributed by atoms with Gasteiger partial charge in [-0.3, -0.25) is 19.9 Å². The lowest BCUT2D eigenvalue weighted by Gasteiger charge is -2.11. The zero-order valence-corrected chi connectivity index (χ0v) is 71.2. The van der Waals surface area contributed by atoms with E-state index in [4.69, 9.17) is 0 Å². The minimum Gasteiger partial charge on any atom is -0.264 e. The fourth-order valence-corrected chi connectivity index (χ4v) is 13.8. The van der Waals surface area contributed by atoms with Crippen LogP contribution < -0.4 is 0 Å². The van der Waals surface area contributed by atoms with Gasteiger partial charge >= 0.3 is 0 Å². The molecule has 0 bridgehead atoms. The molecule has 0 N–H and O–H groups in total. The van der Waals surface area contributed by atoms with Crippen LogP contribution >= 0.6 is 0 Å². The van der Waals surface area contributed by atoms with E-state index in [1.165, 1.54) is 153 Å². The molecule has 0 amide bonds. The number of fused-ring (bicyclic) bond motifs is 18. The van der Waals surface area contributed by atoms with E-state index < -0.39 is 0 Å². The van der Waals surface area contributed by atoms with Crippen LogP contribution in [0.4, 0.5) is 0 Å². The molecular weight excluding hydrogens is 1410 g/mol. The molecule has 0 unspecified atom stereocenters. The first kappa shape index (κ1) is 85.3. The molecule has 12 aromatic carbocycles. The van der Waals surface area contributed by atoms with Gasteiger partial charge in [-0.05, 0) is 306 Å². The maximum atomic E-state index is 4.17. The standard InChI is InChI=1S/3C20H16.4C7H9N.3C6H8N2/c1-13-7-9-17-15-5-3-4-6-16(15)19-11-14(2)8-10-18(19)20(17)12-13;1-13-7-9-17-18-10-8-14(2)12-20(18)16-6-4-3-5-15(16)19(17)11-13;1-13-7-9-17-15-5-3-4-6-16(15)18-10-8-14(2)12-20(18)19(17)11-13;1-6-3-7(2)5-8-4-6;1-6-3-4-8-7(2)5-6;1-6-3-4-7(2)8-5-6;1-6-4-3-5-7(2)8-6;1-5-3-6(2)8-4-7-5;1-5-3-7-6(2)8-4-5;1-5-3-4-7-6(2)8-5/h3*3-12H,1-2H3;4*3-5H,1-2H3;3*3-4H,1-2H3. The Hall–Kier alpha value is -13.2. The fraction of sp³-hybridized carbons (Fsp3) is 0.189. The lowest BCUT2D eigenvalue weighted by atomic mass is 9.92. The van der Waals surface area contributed by atoms with E-state index in [0.717, 1.165) is 57.1 Å². The number of aryl methyl sites for hydroxylation is 20. The van der Waals surface area contributed by atoms with Crippen LogP contribution in [0, 0.1) is 138 Å². The third kappa shape index (κ3) is 24.2. The Labute approximate surface area is 686 Å². The van der Waals surface area contributed by atoms with Crippen LogP contribution in [-0.2, 0) is 0 Å². The summed E-state index contributed by atoms with van der Waals surface area (Å²) in [6, 6.07) is 86.8. The van der Waals surface area contributed by atoms with Gasteiger partial charge in [-0.25, -0.2) is 29.9 Å². The third-order valence-electron chi connectivity index (χ3n) is 19.4. The van der Waals surface area contributed by atoms with Crippen molar-refractivity contribution in [3.63, 3.8) is 0 Å². The molecule has 0 atom stereocenters. The average molecular weight is 1520 g/mol. The monoisotopic (exact) mass is 1520 g/mol. The number of hydrogen-bond acceptors (Lipinski definition) is 10. The molecule has 116 heavy (non-hydrogen) atoms. The van der Waals surface area contributed by atoms with Crippen molar-refractivity contribution >= 4 is 97.0 Å². The molecule has 0 spiro atoms. The minimum absolute atomic E-state index is 0.829. The topological polar surface area (TPSA) is 129 Å². The summed E-state index contributed by atoms with van der Waals surface area (Å²) in [6.07, 6.45) is 14.4. The molecule has 10 nitrogen and oxygen atoms in total. The summed E-state index contributed by atoms with van der Waals surface area (Å²) in [4.78, 5) is 40.1. The lowest BCUT2D eigenvalue weighted by molar-refractivity contribution is 1.01. The molecule has 7 aromatic heterocycles. The van der Waals surface area contributed by atoms with Crippen LogP contribution in [0.2, 0.25) is 0 Å². The van der Waals surface area contributed by atoms with Gasteiger partial charge in [-0.2, -0.15) is 0 Å². The summed E-state index contributed by atoms with van der Waals surface area (Å²) in [5.74, 6) is 1.67. The van der Waals surface area contributed by atoms with E-state index in [-0.39, 0.29) is 0 Å². The highest BCUT2D eigenvalue weighted by Gasteiger charge is 2.12. The maximum Gasteiger partial charge on any atom is 0.125 e. The highest BCUT2D eigenvalue weighted by atomic mass is 14.9. The molecule has 0 aliphatic carbocycles. The lowest BCUT2D eigenvalue weighted by Crippen LogP contribution is -1.86. The Kier molecular flexibility index (Phi) is 30.2. The normalized spacial score (nSPS) is 10.4. The van der Waals surface area contributed by atoms with E-state index in [0.29, 0.717) is 0 Å². The van der Waals surface area contributed by atoms with E-state index >= 15 is 0 Å². The number of benzene rings is 12. The van der Waals surface area contributed by atoms with E-state index in [2.05, 4.69) is 298 Å². The van der Waals surface area contributed by atoms with Crippen LogP contribution in [0.25, 0.3) is 97.0 Å². The van der Waals surface area contributed by atoms with Crippen LogP contribution in [0.1, 0.15) is 113 Å². The Bertz CT molecular complexity index is 5870. The molecule has 0 saturated carbocycles. The van der Waals surface area contributed by atoms with Crippen molar-refractivity contribution in [2.75, 3.05) is 0 Å². The van der Waals surface area contributed by atoms with E-state index in [9.17, 15) is 0 Å². The van der Waals surface area contributed by atoms with Crippen molar-refractivity contribution in [3.05, 3.63) is 405 Å². The second-order valence-corrected chi connectivity index (χ2v) is 30.2. The van der Waals surface area contributed by atoms with Crippen LogP contribution in [0.3, 0.4) is 0 Å². The summed E-state index contributed by atoms with van der Waals surface area (Å²) in [5, 5.41) is 24.4. The highest BCUT2D eigenvalue weighted by Crippen LogP contribution is 2.39. The maximum absolute atomic E-state index is 4.17. The number of aromatic nitrogens is 10. The number of rotatable bonds is 0. The van der Waals surface area contributed by atoms with Crippen molar-refractivity contribution < 1.29 is 0 Å². The summed E-state index contributed by atoms with van der Waals surface area (Å²) >= 11 is 0. The number of nitrogens with zero attached hydrogens (tertiary/aromatic N) is 10. The van der Waals surface area contributed by atoms with Gasteiger partial charge in [0.05, 0.1) is 0 Å². The summed E-state index contributed by atoms with van der Waals surface area (Å²) < 4.78 is 0. The zero-order valence-electron chi connectivity index (χ0n) is 71.2. The van der Waals surface area contributed by atoms with E-state index in [1.54, 1.807) is 12.5 Å². The SMILES string of the molecule is Cc1cc(C)ncn1.Cc1ccc(C)nc1.Cc1ccc2c(c1)c1ccccc1c1ccc(C)cc12.Cc1ccc2c3ccc(C)cc3c3ccccc3c2c1.Cc1ccc2c3ccccc3c3ccc(C)cc3c2c1.Cc1cccc(C)n1.Cc1ccnc(C)c1.Cc1ccnc(C)n1.Cc1cnc(C)nc1.Cc1cncc(C)c1. The molecule has 0 saturated heterocycles. The smallest absolute Gasteiger partial charge is 0.125 e. The highest BCUT2D eigenvalue weighted by molar-refractivity contribution is 6.27. The van der Waals surface area contributed by atoms with Gasteiger partial charge in [-0.15, -0.1) is 0 Å². The predicted molar refractivity (Wildman–Crippen MR) is 495 cm³/mol. The van der Waals surface area contributed by atoms with Crippen LogP contribution in [-0.4, -0.2) is 49.8 Å². The van der Waals surface area contributed by atoms with Crippen molar-refractivity contribution in [3.8, 4) is 0 Å². The summed E-state index contributed by atoms with van der Waals surface area (Å²) in [6.45, 7) is 40.7. The molecule has 0 aliphatic rings. The first-order valence-electron chi connectivity index (χ1n) is 39.5. The zero-order chi connectivity index (χ0) is 83.0. The molecular formula is C106H108N10. The van der Waals surface area contributed by atoms with Crippen LogP contribution in [0.5, 0.6) is 0 Å². The summed E-state index contributed by atoms with van der Waals surface area (Å²) in [5.41, 5.74) is 21.4. The predicted octanol–water partition coefficient (Wildman–Crippen LogP) is 27.4. The largest absolute Gasteiger partial charge is 0.264 e. The molecule has 0 radical (unpaired) electrons. The van der Waals surface area contributed by atoms with Crippen molar-refractivity contribution in [2.45, 2.75) is 138 Å².